The first kappa shape index (κ1) is 14.0. The van der Waals surface area contributed by atoms with E-state index in [0.29, 0.717) is 0 Å². The third kappa shape index (κ3) is 3.21. The van der Waals surface area contributed by atoms with Crippen LogP contribution in [0.1, 0.15) is 36.1 Å². The van der Waals surface area contributed by atoms with Crippen molar-refractivity contribution in [2.75, 3.05) is 5.32 Å². The molecule has 1 heterocycles. The molecule has 0 saturated heterocycles. The quantitative estimate of drug-likeness (QED) is 0.885. The maximum atomic E-state index is 5.92. The molecule has 0 amide bonds. The highest BCUT2D eigenvalue weighted by Gasteiger charge is 2.29. The molecule has 0 aliphatic carbocycles. The maximum absolute atomic E-state index is 5.92. The fraction of sp³-hybridized carbons (Fsp3) is 0.368. The summed E-state index contributed by atoms with van der Waals surface area (Å²) in [5.74, 6) is 1.04. The minimum Gasteiger partial charge on any atom is -0.487 e. The Bertz CT molecular complexity index is 653. The molecule has 0 aromatic heterocycles. The maximum Gasteiger partial charge on any atom is 0.123 e. The molecule has 0 bridgehead atoms. The summed E-state index contributed by atoms with van der Waals surface area (Å²) >= 11 is 0. The molecule has 2 nitrogen and oxygen atoms in total. The second-order valence-electron chi connectivity index (χ2n) is 6.71. The van der Waals surface area contributed by atoms with Crippen LogP contribution in [0, 0.1) is 13.8 Å². The zero-order valence-corrected chi connectivity index (χ0v) is 13.3. The first-order valence-electron chi connectivity index (χ1n) is 7.54. The second-order valence-corrected chi connectivity index (χ2v) is 6.71. The van der Waals surface area contributed by atoms with E-state index in [0.717, 1.165) is 18.7 Å². The Hall–Kier alpha value is -1.96. The molecule has 0 saturated carbocycles. The smallest absolute Gasteiger partial charge is 0.123 e. The van der Waals surface area contributed by atoms with E-state index in [9.17, 15) is 0 Å². The molecule has 1 aliphatic rings. The normalized spacial score (nSPS) is 15.4. The highest BCUT2D eigenvalue weighted by molar-refractivity contribution is 5.49. The third-order valence-electron chi connectivity index (χ3n) is 3.85. The number of hydrogen-bond donors (Lipinski definition) is 1. The molecule has 3 rings (SSSR count). The summed E-state index contributed by atoms with van der Waals surface area (Å²) in [6, 6.07) is 13.1. The van der Waals surface area contributed by atoms with Crippen LogP contribution in [0.25, 0.3) is 0 Å². The van der Waals surface area contributed by atoms with E-state index in [1.165, 1.54) is 27.9 Å². The molecule has 0 unspecified atom stereocenters. The largest absolute Gasteiger partial charge is 0.487 e. The molecule has 0 spiro atoms. The first-order valence-corrected chi connectivity index (χ1v) is 7.54. The predicted molar refractivity (Wildman–Crippen MR) is 88.1 cm³/mol. The number of aryl methyl sites for hydroxylation is 2. The van der Waals surface area contributed by atoms with Crippen molar-refractivity contribution in [3.63, 3.8) is 0 Å². The van der Waals surface area contributed by atoms with Crippen molar-refractivity contribution in [1.82, 2.24) is 0 Å². The van der Waals surface area contributed by atoms with Crippen molar-refractivity contribution in [3.8, 4) is 5.75 Å². The van der Waals surface area contributed by atoms with Crippen molar-refractivity contribution in [3.05, 3.63) is 58.7 Å². The van der Waals surface area contributed by atoms with Gasteiger partial charge in [0.25, 0.3) is 0 Å². The van der Waals surface area contributed by atoms with Gasteiger partial charge in [0.05, 0.1) is 0 Å². The SMILES string of the molecule is Cc1cc(C)cc(NCc2ccc3c(c2)CC(C)(C)O3)c1. The Morgan fingerprint density at radius 1 is 1.05 bits per heavy atom. The number of fused-ring (bicyclic) bond motifs is 1. The van der Waals surface area contributed by atoms with E-state index >= 15 is 0 Å². The Labute approximate surface area is 127 Å². The summed E-state index contributed by atoms with van der Waals surface area (Å²) in [6.45, 7) is 9.39. The van der Waals surface area contributed by atoms with E-state index < -0.39 is 0 Å². The average molecular weight is 281 g/mol. The number of nitrogens with one attached hydrogen (secondary N) is 1. The molecule has 110 valence electrons. The van der Waals surface area contributed by atoms with Crippen molar-refractivity contribution in [2.45, 2.75) is 46.3 Å². The summed E-state index contributed by atoms with van der Waals surface area (Å²) in [6.07, 6.45) is 0.986. The highest BCUT2D eigenvalue weighted by Crippen LogP contribution is 2.35. The third-order valence-corrected chi connectivity index (χ3v) is 3.85. The minimum absolute atomic E-state index is 0.0674. The van der Waals surface area contributed by atoms with Crippen molar-refractivity contribution < 1.29 is 4.74 Å². The van der Waals surface area contributed by atoms with Crippen molar-refractivity contribution in [2.24, 2.45) is 0 Å². The van der Waals surface area contributed by atoms with Gasteiger partial charge < -0.3 is 10.1 Å². The summed E-state index contributed by atoms with van der Waals surface area (Å²) < 4.78 is 5.92. The van der Waals surface area contributed by atoms with Gasteiger partial charge in [0, 0.05) is 18.7 Å². The van der Waals surface area contributed by atoms with Crippen molar-refractivity contribution in [1.29, 1.82) is 0 Å². The molecule has 1 N–H and O–H groups in total. The average Bonchev–Trinajstić information content (AvgIpc) is 2.68. The molecule has 0 fully saturated rings. The van der Waals surface area contributed by atoms with E-state index in [-0.39, 0.29) is 5.60 Å². The second kappa shape index (κ2) is 5.10. The standard InChI is InChI=1S/C19H23NO/c1-13-7-14(2)9-17(8-13)20-12-15-5-6-18-16(10-15)11-19(3,4)21-18/h5-10,20H,11-12H2,1-4H3. The molecule has 0 radical (unpaired) electrons. The number of benzene rings is 2. The number of hydrogen-bond acceptors (Lipinski definition) is 2. The Morgan fingerprint density at radius 3 is 2.48 bits per heavy atom. The van der Waals surface area contributed by atoms with Crippen LogP contribution in [0.4, 0.5) is 5.69 Å². The Morgan fingerprint density at radius 2 is 1.76 bits per heavy atom. The van der Waals surface area contributed by atoms with Gasteiger partial charge in [-0.2, -0.15) is 0 Å². The van der Waals surface area contributed by atoms with E-state index in [1.807, 2.05) is 0 Å². The molecule has 21 heavy (non-hydrogen) atoms. The molecular weight excluding hydrogens is 258 g/mol. The Kier molecular flexibility index (Phi) is 3.40. The van der Waals surface area contributed by atoms with Gasteiger partial charge >= 0.3 is 0 Å². The van der Waals surface area contributed by atoms with E-state index in [2.05, 4.69) is 69.4 Å². The van der Waals surface area contributed by atoms with Gasteiger partial charge in [0.1, 0.15) is 11.4 Å². The van der Waals surface area contributed by atoms with Crippen LogP contribution in [0.2, 0.25) is 0 Å². The summed E-state index contributed by atoms with van der Waals surface area (Å²) in [4.78, 5) is 0. The zero-order valence-electron chi connectivity index (χ0n) is 13.3. The van der Waals surface area contributed by atoms with Crippen LogP contribution in [-0.4, -0.2) is 5.60 Å². The number of rotatable bonds is 3. The monoisotopic (exact) mass is 281 g/mol. The van der Waals surface area contributed by atoms with Crippen LogP contribution in [0.5, 0.6) is 5.75 Å². The van der Waals surface area contributed by atoms with Gasteiger partial charge in [0.2, 0.25) is 0 Å². The summed E-state index contributed by atoms with van der Waals surface area (Å²) in [7, 11) is 0. The van der Waals surface area contributed by atoms with Gasteiger partial charge in [-0.1, -0.05) is 18.2 Å². The number of anilines is 1. The fourth-order valence-electron chi connectivity index (χ4n) is 3.05. The molecule has 0 atom stereocenters. The van der Waals surface area contributed by atoms with Gasteiger partial charge in [0.15, 0.2) is 0 Å². The molecule has 2 aromatic carbocycles. The van der Waals surface area contributed by atoms with Crippen LogP contribution in [0.3, 0.4) is 0 Å². The summed E-state index contributed by atoms with van der Waals surface area (Å²) in [5, 5.41) is 3.51. The van der Waals surface area contributed by atoms with E-state index in [1.54, 1.807) is 0 Å². The van der Waals surface area contributed by atoms with Gasteiger partial charge in [-0.15, -0.1) is 0 Å². The van der Waals surface area contributed by atoms with Gasteiger partial charge in [-0.25, -0.2) is 0 Å². The summed E-state index contributed by atoms with van der Waals surface area (Å²) in [5.41, 5.74) is 6.32. The van der Waals surface area contributed by atoms with Crippen LogP contribution >= 0.6 is 0 Å². The van der Waals surface area contributed by atoms with E-state index in [4.69, 9.17) is 4.74 Å². The van der Waals surface area contributed by atoms with Crippen LogP contribution in [0.15, 0.2) is 36.4 Å². The topological polar surface area (TPSA) is 21.3 Å². The van der Waals surface area contributed by atoms with Gasteiger partial charge in [-0.05, 0) is 68.1 Å². The molecule has 1 aliphatic heterocycles. The lowest BCUT2D eigenvalue weighted by molar-refractivity contribution is 0.138. The van der Waals surface area contributed by atoms with Crippen molar-refractivity contribution >= 4 is 5.69 Å². The lowest BCUT2D eigenvalue weighted by Gasteiger charge is -2.16. The predicted octanol–water partition coefficient (Wildman–Crippen LogP) is 4.63. The molecule has 2 aromatic rings. The number of ether oxygens (including phenoxy) is 1. The van der Waals surface area contributed by atoms with Gasteiger partial charge in [-0.3, -0.25) is 0 Å². The van der Waals surface area contributed by atoms with Crippen LogP contribution < -0.4 is 10.1 Å². The zero-order chi connectivity index (χ0) is 15.0. The highest BCUT2D eigenvalue weighted by atomic mass is 16.5. The molecule has 2 heteroatoms. The first-order chi connectivity index (χ1) is 9.91. The minimum atomic E-state index is -0.0674. The van der Waals surface area contributed by atoms with Crippen LogP contribution in [-0.2, 0) is 13.0 Å². The lowest BCUT2D eigenvalue weighted by atomic mass is 10.0. The molecular formula is C19H23NO. The lowest BCUT2D eigenvalue weighted by Crippen LogP contribution is -2.24. The Balaban J connectivity index is 1.72. The fourth-order valence-corrected chi connectivity index (χ4v) is 3.05.